The number of rotatable bonds is 3. The molecule has 2 spiro atoms. The fourth-order valence-electron chi connectivity index (χ4n) is 6.71. The Hall–Kier alpha value is -1.02. The van der Waals surface area contributed by atoms with Crippen LogP contribution in [0, 0.1) is 16.7 Å². The molecule has 7 atom stereocenters. The van der Waals surface area contributed by atoms with E-state index in [1.165, 1.54) is 0 Å². The maximum Gasteiger partial charge on any atom is 0.339 e. The smallest absolute Gasteiger partial charge is 0.339 e. The van der Waals surface area contributed by atoms with Gasteiger partial charge in [0.05, 0.1) is 17.6 Å². The summed E-state index contributed by atoms with van der Waals surface area (Å²) in [5.41, 5.74) is -2.54. The number of aliphatic hydroxyl groups is 1. The van der Waals surface area contributed by atoms with Crippen LogP contribution in [0.3, 0.4) is 0 Å². The molecule has 2 heterocycles. The number of cyclic esters (lactones) is 1. The molecule has 0 aromatic carbocycles. The fourth-order valence-corrected chi connectivity index (χ4v) is 6.71. The number of Topliss-reactive ketones (excluding diaryl/α,β-unsaturated/α-hetero) is 1. The summed E-state index contributed by atoms with van der Waals surface area (Å²) in [5.74, 6) is -0.195. The molecule has 2 aliphatic heterocycles. The van der Waals surface area contributed by atoms with Crippen molar-refractivity contribution in [2.45, 2.75) is 62.4 Å². The number of hydrogen-bond donors (Lipinski definition) is 1. The Morgan fingerprint density at radius 2 is 2.12 bits per heavy atom. The summed E-state index contributed by atoms with van der Waals surface area (Å²) in [6, 6.07) is 0. The highest BCUT2D eigenvalue weighted by Crippen LogP contribution is 2.75. The zero-order chi connectivity index (χ0) is 17.4. The van der Waals surface area contributed by atoms with E-state index in [9.17, 15) is 14.7 Å². The van der Waals surface area contributed by atoms with E-state index in [1.54, 1.807) is 7.11 Å². The second-order valence-corrected chi connectivity index (χ2v) is 8.36. The molecular weight excluding hydrogens is 328 g/mol. The summed E-state index contributed by atoms with van der Waals surface area (Å²) >= 11 is 0. The van der Waals surface area contributed by atoms with Crippen LogP contribution in [-0.4, -0.2) is 61.3 Å². The molecule has 7 nitrogen and oxygen atoms in total. The van der Waals surface area contributed by atoms with Gasteiger partial charge in [-0.15, -0.1) is 0 Å². The van der Waals surface area contributed by atoms with Crippen LogP contribution in [0.15, 0.2) is 0 Å². The number of aliphatic hydroxyl groups excluding tert-OH is 1. The van der Waals surface area contributed by atoms with Gasteiger partial charge < -0.3 is 24.1 Å². The van der Waals surface area contributed by atoms with Crippen LogP contribution in [0.1, 0.15) is 38.5 Å². The van der Waals surface area contributed by atoms with Crippen molar-refractivity contribution in [2.75, 3.05) is 20.5 Å². The highest BCUT2D eigenvalue weighted by atomic mass is 16.7. The first kappa shape index (κ1) is 16.2. The maximum atomic E-state index is 12.9. The van der Waals surface area contributed by atoms with Crippen LogP contribution >= 0.6 is 0 Å². The van der Waals surface area contributed by atoms with Gasteiger partial charge in [-0.3, -0.25) is 4.79 Å². The number of fused-ring (bicyclic) bond motifs is 2. The van der Waals surface area contributed by atoms with Gasteiger partial charge in [0, 0.05) is 18.9 Å². The van der Waals surface area contributed by atoms with Crippen LogP contribution in [-0.2, 0) is 28.5 Å². The molecule has 7 heteroatoms. The molecule has 2 saturated heterocycles. The molecule has 25 heavy (non-hydrogen) atoms. The Bertz CT molecular complexity index is 635. The molecule has 4 saturated carbocycles. The van der Waals surface area contributed by atoms with Gasteiger partial charge >= 0.3 is 5.97 Å². The van der Waals surface area contributed by atoms with Gasteiger partial charge in [-0.2, -0.15) is 0 Å². The van der Waals surface area contributed by atoms with Crippen molar-refractivity contribution >= 4 is 11.8 Å². The first-order valence-corrected chi connectivity index (χ1v) is 9.17. The Morgan fingerprint density at radius 3 is 2.92 bits per heavy atom. The lowest BCUT2D eigenvalue weighted by Crippen LogP contribution is -2.73. The molecule has 4 bridgehead atoms. The average molecular weight is 352 g/mol. The second-order valence-electron chi connectivity index (χ2n) is 8.36. The summed E-state index contributed by atoms with van der Waals surface area (Å²) in [6.07, 6.45) is 1.97. The highest BCUT2D eigenvalue weighted by molar-refractivity contribution is 5.91. The van der Waals surface area contributed by atoms with Crippen LogP contribution in [0.2, 0.25) is 0 Å². The van der Waals surface area contributed by atoms with E-state index in [2.05, 4.69) is 0 Å². The number of carbonyl (C=O) groups excluding carboxylic acids is 2. The lowest BCUT2D eigenvalue weighted by molar-refractivity contribution is -0.260. The van der Waals surface area contributed by atoms with Crippen molar-refractivity contribution in [1.29, 1.82) is 0 Å². The zero-order valence-corrected chi connectivity index (χ0v) is 14.4. The average Bonchev–Trinajstić information content (AvgIpc) is 2.82. The van der Waals surface area contributed by atoms with Crippen molar-refractivity contribution in [3.8, 4) is 0 Å². The van der Waals surface area contributed by atoms with Crippen molar-refractivity contribution in [3.63, 3.8) is 0 Å². The zero-order valence-electron chi connectivity index (χ0n) is 14.4. The van der Waals surface area contributed by atoms with Crippen LogP contribution in [0.5, 0.6) is 0 Å². The predicted molar refractivity (Wildman–Crippen MR) is 82.4 cm³/mol. The van der Waals surface area contributed by atoms with Crippen molar-refractivity contribution in [3.05, 3.63) is 0 Å². The summed E-state index contributed by atoms with van der Waals surface area (Å²) in [5, 5.41) is 11.0. The van der Waals surface area contributed by atoms with E-state index in [4.69, 9.17) is 18.9 Å². The first-order chi connectivity index (χ1) is 12.0. The quantitative estimate of drug-likeness (QED) is 0.586. The topological polar surface area (TPSA) is 91.3 Å². The van der Waals surface area contributed by atoms with Gasteiger partial charge in [0.2, 0.25) is 0 Å². The second kappa shape index (κ2) is 5.03. The summed E-state index contributed by atoms with van der Waals surface area (Å²) in [6.45, 7) is 0.264. The molecule has 6 rings (SSSR count). The molecular formula is C18H24O7. The van der Waals surface area contributed by atoms with E-state index in [-0.39, 0.29) is 37.2 Å². The van der Waals surface area contributed by atoms with Gasteiger partial charge in [0.1, 0.15) is 19.5 Å². The number of ether oxygens (including phenoxy) is 4. The summed E-state index contributed by atoms with van der Waals surface area (Å²) < 4.78 is 22.8. The maximum absolute atomic E-state index is 12.9. The third-order valence-corrected chi connectivity index (χ3v) is 7.74. The number of esters is 1. The van der Waals surface area contributed by atoms with Gasteiger partial charge in [0.15, 0.2) is 11.4 Å². The third kappa shape index (κ3) is 1.62. The van der Waals surface area contributed by atoms with E-state index < -0.39 is 28.6 Å². The van der Waals surface area contributed by atoms with Crippen molar-refractivity contribution in [1.82, 2.24) is 0 Å². The Morgan fingerprint density at radius 1 is 1.28 bits per heavy atom. The van der Waals surface area contributed by atoms with Crippen molar-refractivity contribution < 1.29 is 33.6 Å². The molecule has 6 aliphatic rings. The van der Waals surface area contributed by atoms with Gasteiger partial charge in [0.25, 0.3) is 0 Å². The number of methoxy groups -OCH3 is 1. The lowest BCUT2D eigenvalue weighted by Gasteiger charge is -2.64. The standard InChI is InChI=1S/C18H24O7/c1-22-9-24-12-7-16-5-4-10(12)6-18(16)15(21)23-8-17(16)13(20)3-2-11(19)14(17)25-18/h10,12-14,20H,2-9H2,1H3/t10-,12?,13+,14+,16-,17-,18+/m1/s1. The minimum Gasteiger partial charge on any atom is -0.463 e. The molecule has 1 unspecified atom stereocenters. The summed E-state index contributed by atoms with van der Waals surface area (Å²) in [4.78, 5) is 25.5. The van der Waals surface area contributed by atoms with E-state index in [0.29, 0.717) is 25.7 Å². The molecule has 6 fully saturated rings. The Balaban J connectivity index is 1.65. The molecule has 138 valence electrons. The summed E-state index contributed by atoms with van der Waals surface area (Å²) in [7, 11) is 1.59. The molecule has 1 N–H and O–H groups in total. The monoisotopic (exact) mass is 352 g/mol. The van der Waals surface area contributed by atoms with Gasteiger partial charge in [-0.05, 0) is 38.0 Å². The molecule has 0 aromatic rings. The Labute approximate surface area is 145 Å². The van der Waals surface area contributed by atoms with E-state index in [1.807, 2.05) is 0 Å². The molecule has 0 amide bonds. The van der Waals surface area contributed by atoms with E-state index >= 15 is 0 Å². The normalized spacial score (nSPS) is 53.4. The number of ketones is 1. The third-order valence-electron chi connectivity index (χ3n) is 7.74. The van der Waals surface area contributed by atoms with Crippen molar-refractivity contribution in [2.24, 2.45) is 16.7 Å². The molecule has 0 radical (unpaired) electrons. The lowest BCUT2D eigenvalue weighted by atomic mass is 9.40. The first-order valence-electron chi connectivity index (χ1n) is 9.17. The van der Waals surface area contributed by atoms with Crippen LogP contribution in [0.25, 0.3) is 0 Å². The number of hydrogen-bond acceptors (Lipinski definition) is 7. The fraction of sp³-hybridized carbons (Fsp3) is 0.889. The SMILES string of the molecule is COCOC1C[C@@]23CC[C@@H]1C[C@@]21O[C@H]2C(=O)CC[C@H](O)[C@]23COC1=O. The number of carbonyl (C=O) groups is 2. The van der Waals surface area contributed by atoms with Crippen LogP contribution < -0.4 is 0 Å². The Kier molecular flexibility index (Phi) is 3.25. The highest BCUT2D eigenvalue weighted by Gasteiger charge is 2.85. The van der Waals surface area contributed by atoms with Crippen LogP contribution in [0.4, 0.5) is 0 Å². The van der Waals surface area contributed by atoms with E-state index in [0.717, 1.165) is 12.8 Å². The minimum atomic E-state index is -1.10. The molecule has 4 aliphatic carbocycles. The van der Waals surface area contributed by atoms with Gasteiger partial charge in [-0.1, -0.05) is 0 Å². The largest absolute Gasteiger partial charge is 0.463 e. The minimum absolute atomic E-state index is 0.00967. The molecule has 0 aromatic heterocycles. The predicted octanol–water partition coefficient (Wildman–Crippen LogP) is 0.570. The van der Waals surface area contributed by atoms with Gasteiger partial charge in [-0.25, -0.2) is 4.79 Å².